The topological polar surface area (TPSA) is 61.2 Å². The number of allylic oxidation sites excluding steroid dienone is 1. The normalized spacial score (nSPS) is 12.5. The smallest absolute Gasteiger partial charge is 0.337 e. The van der Waals surface area contributed by atoms with Gasteiger partial charge in [-0.25, -0.2) is 0 Å². The number of hydrogen-bond acceptors (Lipinski definition) is 3. The molecule has 2 aromatic carbocycles. The van der Waals surface area contributed by atoms with E-state index in [1.54, 1.807) is 6.07 Å². The zero-order chi connectivity index (χ0) is 24.9. The zero-order valence-corrected chi connectivity index (χ0v) is 20.7. The van der Waals surface area contributed by atoms with Crippen LogP contribution in [0, 0.1) is 11.3 Å². The number of benzene rings is 2. The van der Waals surface area contributed by atoms with Crippen LogP contribution >= 0.6 is 50.7 Å². The molecule has 2 rings (SSSR count). The van der Waals surface area contributed by atoms with Gasteiger partial charge in [0.2, 0.25) is 5.91 Å². The molecule has 0 aliphatic rings. The molecular formula is C22H15BrCl3F3N2O2. The number of ketones is 1. The van der Waals surface area contributed by atoms with E-state index in [-0.39, 0.29) is 39.2 Å². The quantitative estimate of drug-likeness (QED) is 0.254. The largest absolute Gasteiger partial charge is 0.399 e. The summed E-state index contributed by atoms with van der Waals surface area (Å²) in [6.07, 6.45) is -2.76. The molecule has 4 nitrogen and oxygen atoms in total. The lowest BCUT2D eigenvalue weighted by atomic mass is 9.96. The molecule has 174 valence electrons. The molecule has 0 saturated carbocycles. The fourth-order valence-electron chi connectivity index (χ4n) is 2.82. The van der Waals surface area contributed by atoms with Crippen molar-refractivity contribution in [3.05, 3.63) is 72.6 Å². The number of carbonyl (C=O) groups is 2. The van der Waals surface area contributed by atoms with E-state index < -0.39 is 23.8 Å². The van der Waals surface area contributed by atoms with E-state index in [9.17, 15) is 22.8 Å². The van der Waals surface area contributed by atoms with Gasteiger partial charge in [-0.05, 0) is 35.4 Å². The molecule has 0 bridgehead atoms. The first-order valence-corrected chi connectivity index (χ1v) is 11.1. The van der Waals surface area contributed by atoms with Gasteiger partial charge in [-0.15, -0.1) is 0 Å². The first kappa shape index (κ1) is 27.2. The average molecular weight is 583 g/mol. The molecule has 11 heteroatoms. The zero-order valence-electron chi connectivity index (χ0n) is 16.9. The molecule has 0 radical (unpaired) electrons. The average Bonchev–Trinajstić information content (AvgIpc) is 2.71. The number of amides is 1. The van der Waals surface area contributed by atoms with Crippen molar-refractivity contribution >= 4 is 68.5 Å². The third-order valence-corrected chi connectivity index (χ3v) is 6.38. The number of alkyl halides is 3. The summed E-state index contributed by atoms with van der Waals surface area (Å²) < 4.78 is 41.4. The highest BCUT2D eigenvalue weighted by atomic mass is 79.9. The molecule has 2 aromatic rings. The third-order valence-electron chi connectivity index (χ3n) is 4.53. The summed E-state index contributed by atoms with van der Waals surface area (Å²) in [4.78, 5) is 25.3. The van der Waals surface area contributed by atoms with Gasteiger partial charge in [-0.2, -0.15) is 18.4 Å². The molecule has 1 amide bonds. The van der Waals surface area contributed by atoms with E-state index in [1.165, 1.54) is 31.3 Å². The summed E-state index contributed by atoms with van der Waals surface area (Å²) in [5, 5.41) is 8.36. The number of halogens is 7. The number of likely N-dealkylation sites (N-methyl/N-ethyl adjacent to an activating group) is 1. The van der Waals surface area contributed by atoms with Crippen molar-refractivity contribution in [1.29, 1.82) is 5.26 Å². The first-order chi connectivity index (χ1) is 15.3. The molecule has 0 N–H and O–H groups in total. The van der Waals surface area contributed by atoms with Gasteiger partial charge in [-0.1, -0.05) is 69.0 Å². The Labute approximate surface area is 211 Å². The van der Waals surface area contributed by atoms with Gasteiger partial charge in [-0.3, -0.25) is 9.59 Å². The maximum absolute atomic E-state index is 13.7. The predicted molar refractivity (Wildman–Crippen MR) is 126 cm³/mol. The fourth-order valence-corrected chi connectivity index (χ4v) is 4.05. The number of Topliss-reactive ketones (excluding diaryl/α,β-unsaturated/α-hetero) is 1. The molecule has 1 atom stereocenters. The van der Waals surface area contributed by atoms with Crippen LogP contribution in [0.4, 0.5) is 13.2 Å². The van der Waals surface area contributed by atoms with Gasteiger partial charge in [0.1, 0.15) is 6.42 Å². The van der Waals surface area contributed by atoms with Crippen LogP contribution in [0.2, 0.25) is 15.1 Å². The SMILES string of the molecule is CN(CC(=O)c1ccc(/C=C/C(c2cc(Cl)c(Cl)c(Cl)c2)C(F)(F)F)cc1Br)C(=O)CC#N. The Balaban J connectivity index is 2.28. The van der Waals surface area contributed by atoms with Gasteiger partial charge in [0.25, 0.3) is 0 Å². The molecular weight excluding hydrogens is 568 g/mol. The van der Waals surface area contributed by atoms with Gasteiger partial charge in [0, 0.05) is 17.1 Å². The van der Waals surface area contributed by atoms with Crippen LogP contribution in [-0.4, -0.2) is 36.4 Å². The van der Waals surface area contributed by atoms with Crippen molar-refractivity contribution in [2.45, 2.75) is 18.5 Å². The Kier molecular flexibility index (Phi) is 9.38. The number of carbonyl (C=O) groups excluding carboxylic acids is 2. The highest BCUT2D eigenvalue weighted by Crippen LogP contribution is 2.41. The highest BCUT2D eigenvalue weighted by molar-refractivity contribution is 9.10. The Bertz CT molecular complexity index is 1120. The van der Waals surface area contributed by atoms with Crippen LogP contribution < -0.4 is 0 Å². The van der Waals surface area contributed by atoms with E-state index in [0.29, 0.717) is 10.0 Å². The highest BCUT2D eigenvalue weighted by Gasteiger charge is 2.39. The van der Waals surface area contributed by atoms with Crippen molar-refractivity contribution in [3.63, 3.8) is 0 Å². The summed E-state index contributed by atoms with van der Waals surface area (Å²) in [5.74, 6) is -2.89. The van der Waals surface area contributed by atoms with Crippen LogP contribution in [0.15, 0.2) is 40.9 Å². The molecule has 0 fully saturated rings. The van der Waals surface area contributed by atoms with Crippen LogP contribution in [-0.2, 0) is 4.79 Å². The minimum Gasteiger partial charge on any atom is -0.337 e. The lowest BCUT2D eigenvalue weighted by Gasteiger charge is -2.18. The third kappa shape index (κ3) is 7.21. The van der Waals surface area contributed by atoms with Crippen LogP contribution in [0.3, 0.4) is 0 Å². The minimum atomic E-state index is -4.62. The second-order valence-electron chi connectivity index (χ2n) is 6.92. The minimum absolute atomic E-state index is 0.0313. The molecule has 33 heavy (non-hydrogen) atoms. The van der Waals surface area contributed by atoms with Gasteiger partial charge in [0.15, 0.2) is 5.78 Å². The second kappa shape index (κ2) is 11.4. The van der Waals surface area contributed by atoms with E-state index in [1.807, 2.05) is 0 Å². The summed E-state index contributed by atoms with van der Waals surface area (Å²) in [6.45, 7) is -0.247. The van der Waals surface area contributed by atoms with Crippen molar-refractivity contribution in [3.8, 4) is 6.07 Å². The molecule has 0 heterocycles. The Hall–Kier alpha value is -2.05. The number of nitriles is 1. The summed E-state index contributed by atoms with van der Waals surface area (Å²) >= 11 is 20.8. The molecule has 0 saturated heterocycles. The molecule has 0 spiro atoms. The number of hydrogen-bond donors (Lipinski definition) is 0. The summed E-state index contributed by atoms with van der Waals surface area (Å²) in [7, 11) is 1.40. The van der Waals surface area contributed by atoms with Gasteiger partial charge < -0.3 is 4.90 Å². The van der Waals surface area contributed by atoms with Crippen LogP contribution in [0.25, 0.3) is 6.08 Å². The lowest BCUT2D eigenvalue weighted by molar-refractivity contribution is -0.139. The molecule has 1 unspecified atom stereocenters. The standard InChI is InChI=1S/C22H15BrCl3F3N2O2/c1-31(20(33)6-7-30)11-19(32)14-4-2-12(8-16(14)23)3-5-15(22(27,28)29)13-9-17(24)21(26)18(25)10-13/h2-5,8-10,15H,6,11H2,1H3/b5-3+. The van der Waals surface area contributed by atoms with Crippen LogP contribution in [0.5, 0.6) is 0 Å². The molecule has 0 aromatic heterocycles. The van der Waals surface area contributed by atoms with Crippen molar-refractivity contribution in [2.24, 2.45) is 0 Å². The van der Waals surface area contributed by atoms with E-state index in [4.69, 9.17) is 40.1 Å². The summed E-state index contributed by atoms with van der Waals surface area (Å²) in [6, 6.07) is 8.33. The number of nitrogens with zero attached hydrogens (tertiary/aromatic N) is 2. The predicted octanol–water partition coefficient (Wildman–Crippen LogP) is 7.32. The Morgan fingerprint density at radius 2 is 1.79 bits per heavy atom. The fraction of sp³-hybridized carbons (Fsp3) is 0.227. The summed E-state index contributed by atoms with van der Waals surface area (Å²) in [5.41, 5.74) is 0.467. The van der Waals surface area contributed by atoms with Crippen molar-refractivity contribution in [1.82, 2.24) is 4.90 Å². The molecule has 0 aliphatic carbocycles. The Morgan fingerprint density at radius 1 is 1.18 bits per heavy atom. The van der Waals surface area contributed by atoms with E-state index >= 15 is 0 Å². The van der Waals surface area contributed by atoms with Gasteiger partial charge in [0.05, 0.1) is 33.6 Å². The van der Waals surface area contributed by atoms with E-state index in [2.05, 4.69) is 15.9 Å². The lowest BCUT2D eigenvalue weighted by Crippen LogP contribution is -2.31. The van der Waals surface area contributed by atoms with E-state index in [0.717, 1.165) is 23.1 Å². The number of rotatable bonds is 7. The molecule has 0 aliphatic heterocycles. The monoisotopic (exact) mass is 580 g/mol. The maximum atomic E-state index is 13.7. The first-order valence-electron chi connectivity index (χ1n) is 9.18. The second-order valence-corrected chi connectivity index (χ2v) is 8.97. The van der Waals surface area contributed by atoms with Crippen LogP contribution in [0.1, 0.15) is 33.8 Å². The maximum Gasteiger partial charge on any atom is 0.399 e. The van der Waals surface area contributed by atoms with Crippen molar-refractivity contribution in [2.75, 3.05) is 13.6 Å². The Morgan fingerprint density at radius 3 is 2.30 bits per heavy atom. The van der Waals surface area contributed by atoms with Crippen molar-refractivity contribution < 1.29 is 22.8 Å². The van der Waals surface area contributed by atoms with Gasteiger partial charge >= 0.3 is 6.18 Å².